The molecular weight excluding hydrogens is 278 g/mol. The van der Waals surface area contributed by atoms with Gasteiger partial charge in [-0.3, -0.25) is 0 Å². The van der Waals surface area contributed by atoms with Crippen molar-refractivity contribution in [1.29, 1.82) is 0 Å². The predicted molar refractivity (Wildman–Crippen MR) is 72.3 cm³/mol. The van der Waals surface area contributed by atoms with E-state index in [-0.39, 0.29) is 10.9 Å². The van der Waals surface area contributed by atoms with Gasteiger partial charge in [-0.25, -0.2) is 13.1 Å². The predicted octanol–water partition coefficient (Wildman–Crippen LogP) is 0.582. The molecule has 0 saturated heterocycles. The number of rotatable bonds is 4. The summed E-state index contributed by atoms with van der Waals surface area (Å²) in [6, 6.07) is 6.24. The molecule has 1 aliphatic rings. The van der Waals surface area contributed by atoms with Crippen molar-refractivity contribution in [3.05, 3.63) is 29.8 Å². The molecule has 0 aliphatic heterocycles. The zero-order chi connectivity index (χ0) is 14.8. The molecule has 110 valence electrons. The first kappa shape index (κ1) is 15.0. The van der Waals surface area contributed by atoms with Crippen LogP contribution in [0.1, 0.15) is 31.2 Å². The van der Waals surface area contributed by atoms with Crippen LogP contribution in [0.4, 0.5) is 0 Å². The van der Waals surface area contributed by atoms with Crippen LogP contribution in [0.15, 0.2) is 29.2 Å². The third kappa shape index (κ3) is 3.58. The van der Waals surface area contributed by atoms with Crippen molar-refractivity contribution >= 4 is 16.0 Å². The second kappa shape index (κ2) is 5.93. The van der Waals surface area contributed by atoms with Gasteiger partial charge in [0.2, 0.25) is 10.0 Å². The van der Waals surface area contributed by atoms with Gasteiger partial charge in [-0.2, -0.15) is 0 Å². The van der Waals surface area contributed by atoms with Crippen molar-refractivity contribution in [2.75, 3.05) is 0 Å². The van der Waals surface area contributed by atoms with E-state index in [1.165, 1.54) is 0 Å². The number of sulfonamides is 1. The van der Waals surface area contributed by atoms with Crippen LogP contribution < -0.4 is 9.83 Å². The summed E-state index contributed by atoms with van der Waals surface area (Å²) in [6.07, 6.45) is 2.22. The van der Waals surface area contributed by atoms with Gasteiger partial charge in [0.15, 0.2) is 0 Å². The molecule has 2 atom stereocenters. The maximum Gasteiger partial charge on any atom is 0.240 e. The smallest absolute Gasteiger partial charge is 0.240 e. The van der Waals surface area contributed by atoms with Crippen molar-refractivity contribution in [2.45, 2.75) is 43.5 Å². The van der Waals surface area contributed by atoms with Crippen LogP contribution in [0.25, 0.3) is 0 Å². The first-order valence-electron chi connectivity index (χ1n) is 6.68. The van der Waals surface area contributed by atoms with E-state index in [1.807, 2.05) is 6.92 Å². The third-order valence-electron chi connectivity index (χ3n) is 3.66. The van der Waals surface area contributed by atoms with E-state index in [0.717, 1.165) is 5.56 Å². The molecule has 0 heterocycles. The molecule has 5 nitrogen and oxygen atoms in total. The van der Waals surface area contributed by atoms with Gasteiger partial charge in [0.05, 0.1) is 4.90 Å². The van der Waals surface area contributed by atoms with Crippen LogP contribution in [0.3, 0.4) is 0 Å². The van der Waals surface area contributed by atoms with Crippen LogP contribution in [0, 0.1) is 12.8 Å². The maximum absolute atomic E-state index is 12.2. The third-order valence-corrected chi connectivity index (χ3v) is 5.20. The zero-order valence-corrected chi connectivity index (χ0v) is 12.2. The maximum atomic E-state index is 12.2. The quantitative estimate of drug-likeness (QED) is 0.880. The lowest BCUT2D eigenvalue weighted by molar-refractivity contribution is -0.312. The summed E-state index contributed by atoms with van der Waals surface area (Å²) >= 11 is 0. The number of carboxylic acids is 1. The van der Waals surface area contributed by atoms with Crippen LogP contribution in [0.2, 0.25) is 0 Å². The molecule has 6 heteroatoms. The van der Waals surface area contributed by atoms with Gasteiger partial charge in [-0.05, 0) is 38.3 Å². The lowest BCUT2D eigenvalue weighted by Gasteiger charge is -2.30. The normalized spacial score (nSPS) is 23.4. The largest absolute Gasteiger partial charge is 0.550 e. The molecule has 1 N–H and O–H groups in total. The second-order valence-corrected chi connectivity index (χ2v) is 7.03. The topological polar surface area (TPSA) is 86.3 Å². The van der Waals surface area contributed by atoms with Gasteiger partial charge in [0.1, 0.15) is 0 Å². The summed E-state index contributed by atoms with van der Waals surface area (Å²) in [6.45, 7) is 1.88. The first-order chi connectivity index (χ1) is 9.38. The average molecular weight is 296 g/mol. The average Bonchev–Trinajstić information content (AvgIpc) is 2.39. The minimum Gasteiger partial charge on any atom is -0.550 e. The fraction of sp³-hybridized carbons (Fsp3) is 0.500. The molecule has 0 bridgehead atoms. The van der Waals surface area contributed by atoms with E-state index < -0.39 is 21.9 Å². The van der Waals surface area contributed by atoms with Gasteiger partial charge < -0.3 is 9.90 Å². The Morgan fingerprint density at radius 1 is 1.25 bits per heavy atom. The molecule has 0 amide bonds. The van der Waals surface area contributed by atoms with Crippen LogP contribution in [-0.2, 0) is 14.8 Å². The molecule has 0 radical (unpaired) electrons. The molecule has 1 aliphatic carbocycles. The lowest BCUT2D eigenvalue weighted by Crippen LogP contribution is -2.42. The number of carboxylic acid groups (broad SMARTS) is 1. The van der Waals surface area contributed by atoms with Crippen molar-refractivity contribution in [3.8, 4) is 0 Å². The Morgan fingerprint density at radius 3 is 2.50 bits per heavy atom. The Bertz CT molecular complexity index is 580. The fourth-order valence-electron chi connectivity index (χ4n) is 2.52. The molecule has 0 unspecified atom stereocenters. The van der Waals surface area contributed by atoms with E-state index in [4.69, 9.17) is 0 Å². The highest BCUT2D eigenvalue weighted by molar-refractivity contribution is 7.89. The SMILES string of the molecule is Cc1ccc(S(=O)(=O)N[C@@H]2CCC[C@H](C(=O)[O-])C2)cc1. The monoisotopic (exact) mass is 296 g/mol. The Balaban J connectivity index is 2.08. The number of benzene rings is 1. The molecule has 20 heavy (non-hydrogen) atoms. The molecule has 0 aromatic heterocycles. The Labute approximate surface area is 119 Å². The van der Waals surface area contributed by atoms with Gasteiger partial charge in [0, 0.05) is 17.9 Å². The van der Waals surface area contributed by atoms with E-state index in [0.29, 0.717) is 25.7 Å². The zero-order valence-electron chi connectivity index (χ0n) is 11.3. The van der Waals surface area contributed by atoms with E-state index in [9.17, 15) is 18.3 Å². The molecule has 2 rings (SSSR count). The Morgan fingerprint density at radius 2 is 1.90 bits per heavy atom. The Kier molecular flexibility index (Phi) is 4.45. The second-order valence-electron chi connectivity index (χ2n) is 5.31. The summed E-state index contributed by atoms with van der Waals surface area (Å²) in [7, 11) is -3.59. The summed E-state index contributed by atoms with van der Waals surface area (Å²) in [5.41, 5.74) is 0.985. The van der Waals surface area contributed by atoms with Crippen molar-refractivity contribution in [2.24, 2.45) is 5.92 Å². The molecule has 0 spiro atoms. The number of carbonyl (C=O) groups excluding carboxylic acids is 1. The van der Waals surface area contributed by atoms with Gasteiger partial charge >= 0.3 is 0 Å². The number of hydrogen-bond donors (Lipinski definition) is 1. The summed E-state index contributed by atoms with van der Waals surface area (Å²) in [5.74, 6) is -1.65. The summed E-state index contributed by atoms with van der Waals surface area (Å²) in [5, 5.41) is 10.9. The summed E-state index contributed by atoms with van der Waals surface area (Å²) in [4.78, 5) is 11.1. The van der Waals surface area contributed by atoms with E-state index >= 15 is 0 Å². The standard InChI is InChI=1S/C14H19NO4S/c1-10-5-7-13(8-6-10)20(18,19)15-12-4-2-3-11(9-12)14(16)17/h5-8,11-12,15H,2-4,9H2,1H3,(H,16,17)/p-1/t11-,12+/m0/s1. The summed E-state index contributed by atoms with van der Waals surface area (Å²) < 4.78 is 27.0. The number of aliphatic carboxylic acids is 1. The minimum atomic E-state index is -3.59. The molecule has 1 saturated carbocycles. The number of hydrogen-bond acceptors (Lipinski definition) is 4. The van der Waals surface area contributed by atoms with Gasteiger partial charge in [0.25, 0.3) is 0 Å². The Hall–Kier alpha value is -1.40. The van der Waals surface area contributed by atoms with Crippen LogP contribution in [-0.4, -0.2) is 20.4 Å². The van der Waals surface area contributed by atoms with E-state index in [2.05, 4.69) is 4.72 Å². The van der Waals surface area contributed by atoms with Crippen molar-refractivity contribution in [1.82, 2.24) is 4.72 Å². The van der Waals surface area contributed by atoms with Gasteiger partial charge in [-0.1, -0.05) is 24.1 Å². The number of nitrogens with one attached hydrogen (secondary N) is 1. The minimum absolute atomic E-state index is 0.207. The highest BCUT2D eigenvalue weighted by atomic mass is 32.2. The van der Waals surface area contributed by atoms with Crippen molar-refractivity contribution in [3.63, 3.8) is 0 Å². The highest BCUT2D eigenvalue weighted by Crippen LogP contribution is 2.25. The highest BCUT2D eigenvalue weighted by Gasteiger charge is 2.26. The van der Waals surface area contributed by atoms with Crippen molar-refractivity contribution < 1.29 is 18.3 Å². The van der Waals surface area contributed by atoms with Gasteiger partial charge in [-0.15, -0.1) is 0 Å². The lowest BCUT2D eigenvalue weighted by atomic mass is 9.86. The fourth-order valence-corrected chi connectivity index (χ4v) is 3.80. The molecule has 1 fully saturated rings. The first-order valence-corrected chi connectivity index (χ1v) is 8.16. The van der Waals surface area contributed by atoms with Crippen LogP contribution in [0.5, 0.6) is 0 Å². The van der Waals surface area contributed by atoms with Crippen LogP contribution >= 0.6 is 0 Å². The molecule has 1 aromatic rings. The van der Waals surface area contributed by atoms with E-state index in [1.54, 1.807) is 24.3 Å². The molecular formula is C14H18NO4S-. The molecule has 1 aromatic carbocycles. The number of carbonyl (C=O) groups is 1. The number of aryl methyl sites for hydroxylation is 1.